The predicted molar refractivity (Wildman–Crippen MR) is 111 cm³/mol. The number of rotatable bonds is 10. The van der Waals surface area contributed by atoms with Crippen molar-refractivity contribution in [3.8, 4) is 6.01 Å². The van der Waals surface area contributed by atoms with E-state index in [2.05, 4.69) is 21.8 Å². The second kappa shape index (κ2) is 9.91. The van der Waals surface area contributed by atoms with Crippen LogP contribution in [0.3, 0.4) is 0 Å². The molecule has 0 amide bonds. The second-order valence-corrected chi connectivity index (χ2v) is 7.85. The molecule has 1 fully saturated rings. The zero-order chi connectivity index (χ0) is 19.9. The molecular formula is C20H34N6O2. The number of nitrogen functional groups attached to an aromatic ring is 1. The van der Waals surface area contributed by atoms with Crippen molar-refractivity contribution in [2.45, 2.75) is 77.9 Å². The third-order valence-electron chi connectivity index (χ3n) is 5.49. The molecule has 1 atom stereocenters. The third kappa shape index (κ3) is 5.04. The summed E-state index contributed by atoms with van der Waals surface area (Å²) >= 11 is 0. The molecule has 0 aliphatic carbocycles. The second-order valence-electron chi connectivity index (χ2n) is 7.85. The standard InChI is InChI=1S/C20H34N6O2/c1-3-10-16(2)28-19-22-15-17-18(23-19)25(20(27)26(17)21)14-9-5-8-13-24-11-6-4-7-12-24/h15-16H,3-14,21H2,1-2H3/t16-/m0/s1. The predicted octanol–water partition coefficient (Wildman–Crippen LogP) is 2.53. The lowest BCUT2D eigenvalue weighted by atomic mass is 10.1. The summed E-state index contributed by atoms with van der Waals surface area (Å²) in [5, 5.41) is 0. The summed E-state index contributed by atoms with van der Waals surface area (Å²) in [5.74, 6) is 5.92. The van der Waals surface area contributed by atoms with Gasteiger partial charge in [0.05, 0.1) is 12.3 Å². The highest BCUT2D eigenvalue weighted by atomic mass is 16.5. The minimum atomic E-state index is -0.251. The molecule has 0 unspecified atom stereocenters. The molecular weight excluding hydrogens is 356 g/mol. The van der Waals surface area contributed by atoms with Crippen LogP contribution in [0.25, 0.3) is 11.2 Å². The highest BCUT2D eigenvalue weighted by Crippen LogP contribution is 2.15. The Balaban J connectivity index is 1.60. The number of nitrogens with zero attached hydrogens (tertiary/aromatic N) is 5. The number of hydrogen-bond donors (Lipinski definition) is 1. The number of nitrogens with two attached hydrogens (primary N) is 1. The number of fused-ring (bicyclic) bond motifs is 1. The van der Waals surface area contributed by atoms with Gasteiger partial charge in [-0.15, -0.1) is 0 Å². The zero-order valence-electron chi connectivity index (χ0n) is 17.3. The molecule has 0 spiro atoms. The van der Waals surface area contributed by atoms with Gasteiger partial charge in [-0.1, -0.05) is 26.2 Å². The van der Waals surface area contributed by atoms with Crippen molar-refractivity contribution in [1.29, 1.82) is 0 Å². The summed E-state index contributed by atoms with van der Waals surface area (Å²) < 4.78 is 8.56. The normalized spacial score (nSPS) is 16.5. The molecule has 0 aromatic carbocycles. The molecule has 28 heavy (non-hydrogen) atoms. The molecule has 3 heterocycles. The van der Waals surface area contributed by atoms with Gasteiger partial charge < -0.3 is 15.5 Å². The number of likely N-dealkylation sites (tertiary alicyclic amines) is 1. The van der Waals surface area contributed by atoms with Crippen LogP contribution in [0, 0.1) is 0 Å². The monoisotopic (exact) mass is 390 g/mol. The molecule has 8 nitrogen and oxygen atoms in total. The highest BCUT2D eigenvalue weighted by molar-refractivity contribution is 5.70. The van der Waals surface area contributed by atoms with Crippen LogP contribution in [0.15, 0.2) is 11.0 Å². The molecule has 3 rings (SSSR count). The third-order valence-corrected chi connectivity index (χ3v) is 5.49. The van der Waals surface area contributed by atoms with Crippen molar-refractivity contribution in [1.82, 2.24) is 24.1 Å². The van der Waals surface area contributed by atoms with Crippen molar-refractivity contribution in [3.05, 3.63) is 16.7 Å². The molecule has 1 aliphatic rings. The van der Waals surface area contributed by atoms with Crippen molar-refractivity contribution in [2.75, 3.05) is 25.5 Å². The fraction of sp³-hybridized carbons (Fsp3) is 0.750. The van der Waals surface area contributed by atoms with E-state index in [1.165, 1.54) is 32.4 Å². The summed E-state index contributed by atoms with van der Waals surface area (Å²) in [6.45, 7) is 8.35. The molecule has 2 aromatic rings. The molecule has 0 saturated carbocycles. The summed E-state index contributed by atoms with van der Waals surface area (Å²) in [4.78, 5) is 23.8. The van der Waals surface area contributed by atoms with Gasteiger partial charge in [0, 0.05) is 6.54 Å². The van der Waals surface area contributed by atoms with E-state index in [-0.39, 0.29) is 11.8 Å². The number of piperidine rings is 1. The van der Waals surface area contributed by atoms with E-state index in [1.807, 2.05) is 6.92 Å². The Morgan fingerprint density at radius 2 is 1.93 bits per heavy atom. The largest absolute Gasteiger partial charge is 0.460 e. The first-order valence-electron chi connectivity index (χ1n) is 10.7. The first-order chi connectivity index (χ1) is 13.6. The van der Waals surface area contributed by atoms with Crippen LogP contribution < -0.4 is 16.3 Å². The van der Waals surface area contributed by atoms with Gasteiger partial charge in [0.15, 0.2) is 5.65 Å². The van der Waals surface area contributed by atoms with Crippen molar-refractivity contribution >= 4 is 11.2 Å². The molecule has 1 aliphatic heterocycles. The minimum absolute atomic E-state index is 0.0392. The van der Waals surface area contributed by atoms with Gasteiger partial charge in [-0.2, -0.15) is 4.98 Å². The first-order valence-corrected chi connectivity index (χ1v) is 10.7. The van der Waals surface area contributed by atoms with Gasteiger partial charge >= 0.3 is 11.7 Å². The number of unbranched alkanes of at least 4 members (excludes halogenated alkanes) is 2. The summed E-state index contributed by atoms with van der Waals surface area (Å²) in [5.41, 5.74) is 0.838. The summed E-state index contributed by atoms with van der Waals surface area (Å²) in [6.07, 6.45) is 10.8. The fourth-order valence-electron chi connectivity index (χ4n) is 3.91. The van der Waals surface area contributed by atoms with Crippen LogP contribution in [-0.4, -0.2) is 49.8 Å². The van der Waals surface area contributed by atoms with Gasteiger partial charge in [0.1, 0.15) is 5.52 Å². The van der Waals surface area contributed by atoms with Crippen molar-refractivity contribution in [3.63, 3.8) is 0 Å². The Labute approximate surface area is 166 Å². The maximum absolute atomic E-state index is 12.5. The van der Waals surface area contributed by atoms with Gasteiger partial charge in [-0.3, -0.25) is 4.57 Å². The van der Waals surface area contributed by atoms with E-state index in [4.69, 9.17) is 10.6 Å². The number of hydrogen-bond acceptors (Lipinski definition) is 6. The van der Waals surface area contributed by atoms with Crippen LogP contribution >= 0.6 is 0 Å². The van der Waals surface area contributed by atoms with E-state index in [1.54, 1.807) is 10.8 Å². The quantitative estimate of drug-likeness (QED) is 0.495. The van der Waals surface area contributed by atoms with Crippen LogP contribution in [0.4, 0.5) is 0 Å². The van der Waals surface area contributed by atoms with Crippen LogP contribution in [-0.2, 0) is 6.54 Å². The average Bonchev–Trinajstić information content (AvgIpc) is 2.93. The molecule has 0 bridgehead atoms. The van der Waals surface area contributed by atoms with Crippen LogP contribution in [0.5, 0.6) is 6.01 Å². The molecule has 156 valence electrons. The van der Waals surface area contributed by atoms with Gasteiger partial charge in [0.2, 0.25) is 0 Å². The van der Waals surface area contributed by atoms with E-state index in [9.17, 15) is 4.79 Å². The lowest BCUT2D eigenvalue weighted by molar-refractivity contribution is 0.193. The maximum atomic E-state index is 12.5. The molecule has 8 heteroatoms. The molecule has 2 aromatic heterocycles. The van der Waals surface area contributed by atoms with Gasteiger partial charge in [-0.25, -0.2) is 14.5 Å². The maximum Gasteiger partial charge on any atom is 0.348 e. The average molecular weight is 391 g/mol. The van der Waals surface area contributed by atoms with E-state index < -0.39 is 0 Å². The van der Waals surface area contributed by atoms with Crippen molar-refractivity contribution < 1.29 is 4.74 Å². The van der Waals surface area contributed by atoms with E-state index in [0.29, 0.717) is 23.7 Å². The Morgan fingerprint density at radius 1 is 1.18 bits per heavy atom. The molecule has 1 saturated heterocycles. The number of ether oxygens (including phenoxy) is 1. The summed E-state index contributed by atoms with van der Waals surface area (Å²) in [6, 6.07) is 0.304. The van der Waals surface area contributed by atoms with Gasteiger partial charge in [0.25, 0.3) is 0 Å². The first kappa shape index (κ1) is 20.6. The lowest BCUT2D eigenvalue weighted by Crippen LogP contribution is -2.30. The molecule has 0 radical (unpaired) electrons. The van der Waals surface area contributed by atoms with Gasteiger partial charge in [-0.05, 0) is 58.7 Å². The highest BCUT2D eigenvalue weighted by Gasteiger charge is 2.16. The Kier molecular flexibility index (Phi) is 7.30. The fourth-order valence-corrected chi connectivity index (χ4v) is 3.91. The molecule has 2 N–H and O–H groups in total. The van der Waals surface area contributed by atoms with E-state index in [0.717, 1.165) is 43.3 Å². The Morgan fingerprint density at radius 3 is 2.68 bits per heavy atom. The van der Waals surface area contributed by atoms with Crippen LogP contribution in [0.2, 0.25) is 0 Å². The Hall–Kier alpha value is -2.09. The topological polar surface area (TPSA) is 91.2 Å². The smallest absolute Gasteiger partial charge is 0.348 e. The number of aryl methyl sites for hydroxylation is 1. The lowest BCUT2D eigenvalue weighted by Gasteiger charge is -2.26. The van der Waals surface area contributed by atoms with Crippen molar-refractivity contribution in [2.24, 2.45) is 0 Å². The zero-order valence-corrected chi connectivity index (χ0v) is 17.3. The SMILES string of the molecule is CCC[C@H](C)Oc1ncc2c(n1)n(CCCCCN1CCCCC1)c(=O)n2N. The number of imidazole rings is 1. The van der Waals surface area contributed by atoms with E-state index >= 15 is 0 Å². The Bertz CT molecular complexity index is 809. The minimum Gasteiger partial charge on any atom is -0.460 e. The van der Waals surface area contributed by atoms with Crippen LogP contribution in [0.1, 0.15) is 65.2 Å². The summed E-state index contributed by atoms with van der Waals surface area (Å²) in [7, 11) is 0. The number of aromatic nitrogens is 4.